The molecule has 0 aliphatic heterocycles. The number of aliphatic hydroxyl groups excluding tert-OH is 2. The molecule has 0 radical (unpaired) electrons. The van der Waals surface area contributed by atoms with E-state index in [0.29, 0.717) is 28.0 Å². The summed E-state index contributed by atoms with van der Waals surface area (Å²) < 4.78 is 61.1. The minimum atomic E-state index is -3.88. The van der Waals surface area contributed by atoms with Gasteiger partial charge in [-0.2, -0.15) is 5.10 Å². The largest absolute Gasteiger partial charge is 0.491 e. The molecule has 1 amide bonds. The molecule has 0 saturated carbocycles. The molecule has 5 N–H and O–H groups in total. The number of carbonyl (C=O) groups excluding carboxylic acids is 1. The van der Waals surface area contributed by atoms with Crippen molar-refractivity contribution in [3.63, 3.8) is 0 Å². The van der Waals surface area contributed by atoms with E-state index in [0.717, 1.165) is 12.1 Å². The van der Waals surface area contributed by atoms with Crippen LogP contribution in [0.15, 0.2) is 48.7 Å². The number of hydrogen-bond donors (Lipinski definition) is 5. The number of ether oxygens (including phenoxy) is 1. The Kier molecular flexibility index (Phi) is 8.38. The number of halogens is 2. The molecule has 2 aromatic heterocycles. The van der Waals surface area contributed by atoms with Gasteiger partial charge >= 0.3 is 0 Å². The van der Waals surface area contributed by atoms with Crippen LogP contribution in [-0.4, -0.2) is 64.8 Å². The molecule has 4 rings (SSSR count). The summed E-state index contributed by atoms with van der Waals surface area (Å²) in [7, 11) is -3.88. The molecule has 2 heterocycles. The third kappa shape index (κ3) is 6.47. The molecule has 4 aromatic rings. The average Bonchev–Trinajstić information content (AvgIpc) is 3.32. The first-order valence-electron chi connectivity index (χ1n) is 11.8. The van der Waals surface area contributed by atoms with E-state index < -0.39 is 51.5 Å². The number of pyridine rings is 1. The molecule has 206 valence electrons. The van der Waals surface area contributed by atoms with Gasteiger partial charge in [0.1, 0.15) is 29.8 Å². The molecular formula is C25H25F2N5O6S. The Morgan fingerprint density at radius 1 is 1.21 bits per heavy atom. The van der Waals surface area contributed by atoms with Gasteiger partial charge in [-0.3, -0.25) is 14.6 Å². The fourth-order valence-corrected chi connectivity index (χ4v) is 4.83. The van der Waals surface area contributed by atoms with Gasteiger partial charge in [-0.15, -0.1) is 0 Å². The van der Waals surface area contributed by atoms with E-state index in [-0.39, 0.29) is 24.5 Å². The number of aromatic nitrogens is 3. The summed E-state index contributed by atoms with van der Waals surface area (Å²) in [5.74, 6) is -3.53. The van der Waals surface area contributed by atoms with Gasteiger partial charge in [0.05, 0.1) is 35.6 Å². The first-order valence-corrected chi connectivity index (χ1v) is 13.4. The highest BCUT2D eigenvalue weighted by atomic mass is 32.2. The average molecular weight is 562 g/mol. The van der Waals surface area contributed by atoms with Crippen LogP contribution in [0.25, 0.3) is 22.3 Å². The molecule has 1 unspecified atom stereocenters. The zero-order valence-electron chi connectivity index (χ0n) is 20.6. The number of fused-ring (bicyclic) bond motifs is 1. The van der Waals surface area contributed by atoms with Crippen molar-refractivity contribution in [1.82, 2.24) is 15.2 Å². The maximum atomic E-state index is 15.0. The molecule has 0 bridgehead atoms. The number of aliphatic hydroxyl groups is 2. The molecule has 1 atom stereocenters. The predicted molar refractivity (Wildman–Crippen MR) is 140 cm³/mol. The lowest BCUT2D eigenvalue weighted by Gasteiger charge is -2.12. The minimum absolute atomic E-state index is 0.101. The lowest BCUT2D eigenvalue weighted by molar-refractivity contribution is 0.0536. The van der Waals surface area contributed by atoms with Crippen molar-refractivity contribution in [2.45, 2.75) is 19.4 Å². The number of hydrogen-bond acceptors (Lipinski definition) is 8. The van der Waals surface area contributed by atoms with E-state index in [4.69, 9.17) is 9.84 Å². The number of anilines is 2. The Bertz CT molecular complexity index is 1610. The molecule has 11 nitrogen and oxygen atoms in total. The molecule has 0 aliphatic carbocycles. The second-order valence-electron chi connectivity index (χ2n) is 8.53. The normalized spacial score (nSPS) is 12.3. The summed E-state index contributed by atoms with van der Waals surface area (Å²) in [6, 6.07) is 9.99. The number of carbonyl (C=O) groups is 1. The highest BCUT2D eigenvalue weighted by molar-refractivity contribution is 7.92. The van der Waals surface area contributed by atoms with Crippen molar-refractivity contribution in [3.8, 4) is 17.0 Å². The van der Waals surface area contributed by atoms with Crippen LogP contribution in [-0.2, 0) is 10.0 Å². The molecular weight excluding hydrogens is 536 g/mol. The van der Waals surface area contributed by atoms with Crippen molar-refractivity contribution in [2.75, 3.05) is 29.0 Å². The van der Waals surface area contributed by atoms with Gasteiger partial charge in [-0.05, 0) is 36.8 Å². The molecule has 39 heavy (non-hydrogen) atoms. The highest BCUT2D eigenvalue weighted by Gasteiger charge is 2.23. The molecule has 0 aliphatic rings. The summed E-state index contributed by atoms with van der Waals surface area (Å²) >= 11 is 0. The Hall–Kier alpha value is -4.14. The Labute approximate surface area is 221 Å². The smallest absolute Gasteiger partial charge is 0.261 e. The predicted octanol–water partition coefficient (Wildman–Crippen LogP) is 3.04. The molecule has 0 fully saturated rings. The number of aromatic amines is 1. The quantitative estimate of drug-likeness (QED) is 0.186. The van der Waals surface area contributed by atoms with Crippen molar-refractivity contribution in [1.29, 1.82) is 0 Å². The Morgan fingerprint density at radius 2 is 2.00 bits per heavy atom. The van der Waals surface area contributed by atoms with Crippen molar-refractivity contribution in [3.05, 3.63) is 65.9 Å². The Balaban J connectivity index is 1.60. The fourth-order valence-electron chi connectivity index (χ4n) is 3.69. The lowest BCUT2D eigenvalue weighted by Crippen LogP contribution is -2.21. The van der Waals surface area contributed by atoms with Crippen LogP contribution in [0.1, 0.15) is 23.7 Å². The van der Waals surface area contributed by atoms with Gasteiger partial charge < -0.3 is 20.3 Å². The summed E-state index contributed by atoms with van der Waals surface area (Å²) in [6.45, 7) is 1.07. The second kappa shape index (κ2) is 11.7. The lowest BCUT2D eigenvalue weighted by atomic mass is 10.1. The minimum Gasteiger partial charge on any atom is -0.491 e. The van der Waals surface area contributed by atoms with Crippen LogP contribution < -0.4 is 14.8 Å². The number of nitrogens with one attached hydrogen (secondary N) is 3. The van der Waals surface area contributed by atoms with Crippen molar-refractivity contribution in [2.24, 2.45) is 0 Å². The SMILES string of the molecule is CCCS(=O)(=O)Nc1ccc(F)c(C(=O)Nc2cnc3n[nH]c(-c4cccc(OCC(O)CO)c4)c3c2)c1F. The van der Waals surface area contributed by atoms with Crippen LogP contribution in [0.4, 0.5) is 20.2 Å². The molecule has 14 heteroatoms. The van der Waals surface area contributed by atoms with E-state index in [9.17, 15) is 22.7 Å². The van der Waals surface area contributed by atoms with Gasteiger partial charge in [0.25, 0.3) is 5.91 Å². The van der Waals surface area contributed by atoms with Crippen LogP contribution in [0.5, 0.6) is 5.75 Å². The maximum Gasteiger partial charge on any atom is 0.261 e. The van der Waals surface area contributed by atoms with E-state index in [1.807, 2.05) is 4.72 Å². The van der Waals surface area contributed by atoms with Crippen molar-refractivity contribution < 1.29 is 36.9 Å². The first-order chi connectivity index (χ1) is 18.6. The number of sulfonamides is 1. The summed E-state index contributed by atoms with van der Waals surface area (Å²) in [5, 5.41) is 28.3. The third-order valence-electron chi connectivity index (χ3n) is 5.50. The Morgan fingerprint density at radius 3 is 2.74 bits per heavy atom. The monoisotopic (exact) mass is 561 g/mol. The number of amides is 1. The van der Waals surface area contributed by atoms with Crippen LogP contribution in [0.2, 0.25) is 0 Å². The summed E-state index contributed by atoms with van der Waals surface area (Å²) in [4.78, 5) is 17.0. The van der Waals surface area contributed by atoms with Gasteiger partial charge in [0.2, 0.25) is 10.0 Å². The molecule has 2 aromatic carbocycles. The van der Waals surface area contributed by atoms with E-state index >= 15 is 4.39 Å². The third-order valence-corrected chi connectivity index (χ3v) is 6.98. The standard InChI is InChI=1S/C25H25F2N5O6S/c1-2-8-39(36,37)32-20-7-6-19(26)21(22(20)27)25(35)29-15-10-18-23(30-31-24(18)28-11-15)14-4-3-5-17(9-14)38-13-16(34)12-33/h3-7,9-11,16,32-34H,2,8,12-13H2,1H3,(H,29,35)(H,28,30,31). The number of benzene rings is 2. The zero-order chi connectivity index (χ0) is 28.2. The van der Waals surface area contributed by atoms with Gasteiger partial charge in [0.15, 0.2) is 11.5 Å². The molecule has 0 spiro atoms. The first kappa shape index (κ1) is 27.9. The zero-order valence-corrected chi connectivity index (χ0v) is 21.4. The number of nitrogens with zero attached hydrogens (tertiary/aromatic N) is 2. The van der Waals surface area contributed by atoms with E-state index in [1.165, 1.54) is 12.3 Å². The fraction of sp³-hybridized carbons (Fsp3) is 0.240. The molecule has 0 saturated heterocycles. The van der Waals surface area contributed by atoms with Crippen LogP contribution in [0.3, 0.4) is 0 Å². The number of H-pyrrole nitrogens is 1. The van der Waals surface area contributed by atoms with E-state index in [2.05, 4.69) is 20.5 Å². The van der Waals surface area contributed by atoms with Gasteiger partial charge in [-0.25, -0.2) is 22.2 Å². The highest BCUT2D eigenvalue weighted by Crippen LogP contribution is 2.30. The number of rotatable bonds is 11. The van der Waals surface area contributed by atoms with Crippen molar-refractivity contribution >= 4 is 38.3 Å². The summed E-state index contributed by atoms with van der Waals surface area (Å²) in [6.07, 6.45) is 0.495. The van der Waals surface area contributed by atoms with Gasteiger partial charge in [0, 0.05) is 10.9 Å². The van der Waals surface area contributed by atoms with E-state index in [1.54, 1.807) is 31.2 Å². The van der Waals surface area contributed by atoms with Crippen LogP contribution in [0, 0.1) is 11.6 Å². The second-order valence-corrected chi connectivity index (χ2v) is 10.4. The van der Waals surface area contributed by atoms with Gasteiger partial charge in [-0.1, -0.05) is 19.1 Å². The topological polar surface area (TPSA) is 167 Å². The van der Waals surface area contributed by atoms with Crippen LogP contribution >= 0.6 is 0 Å². The maximum absolute atomic E-state index is 15.0. The summed E-state index contributed by atoms with van der Waals surface area (Å²) in [5.41, 5.74) is 0.0249.